The molecule has 0 saturated carbocycles. The molecule has 3 heteroatoms. The van der Waals surface area contributed by atoms with Crippen molar-refractivity contribution in [3.05, 3.63) is 76.4 Å². The van der Waals surface area contributed by atoms with E-state index in [1.807, 2.05) is 24.3 Å². The molecule has 0 atom stereocenters. The van der Waals surface area contributed by atoms with Gasteiger partial charge in [0.1, 0.15) is 0 Å². The van der Waals surface area contributed by atoms with E-state index < -0.39 is 0 Å². The third kappa shape index (κ3) is 2.06. The quantitative estimate of drug-likeness (QED) is 0.584. The highest BCUT2D eigenvalue weighted by Crippen LogP contribution is 2.49. The Morgan fingerprint density at radius 3 is 2.42 bits per heavy atom. The molecule has 0 radical (unpaired) electrons. The molecule has 3 aromatic rings. The van der Waals surface area contributed by atoms with Gasteiger partial charge in [-0.3, -0.25) is 4.98 Å². The third-order valence-electron chi connectivity index (χ3n) is 4.84. The minimum absolute atomic E-state index is 0.158. The van der Waals surface area contributed by atoms with Crippen molar-refractivity contribution in [2.75, 3.05) is 0 Å². The minimum atomic E-state index is -0.158. The molecule has 1 heterocycles. The molecule has 0 bridgehead atoms. The van der Waals surface area contributed by atoms with Crippen LogP contribution in [0.25, 0.3) is 22.4 Å². The van der Waals surface area contributed by atoms with E-state index in [0.717, 1.165) is 11.3 Å². The second kappa shape index (κ2) is 5.19. The number of aromatic nitrogens is 1. The van der Waals surface area contributed by atoms with Gasteiger partial charge < -0.3 is 0 Å². The second-order valence-electron chi connectivity index (χ2n) is 6.59. The van der Waals surface area contributed by atoms with Crippen LogP contribution in [-0.4, -0.2) is 4.98 Å². The van der Waals surface area contributed by atoms with Crippen molar-refractivity contribution in [2.24, 2.45) is 0 Å². The average Bonchev–Trinajstić information content (AvgIpc) is 2.82. The molecule has 2 aromatic carbocycles. The van der Waals surface area contributed by atoms with Crippen LogP contribution in [0.3, 0.4) is 0 Å². The normalized spacial score (nSPS) is 13.9. The molecule has 1 aliphatic rings. The van der Waals surface area contributed by atoms with Crippen LogP contribution < -0.4 is 0 Å². The standard InChI is InChI=1S/C21H15ClN2/c1-21(2)17-10-13(12-23)5-7-15(17)16-8-6-14(11-18(16)21)20-19(22)4-3-9-24-20/h3-11H,1-2H3. The highest BCUT2D eigenvalue weighted by molar-refractivity contribution is 6.33. The zero-order valence-electron chi connectivity index (χ0n) is 13.5. The van der Waals surface area contributed by atoms with E-state index in [4.69, 9.17) is 11.6 Å². The lowest BCUT2D eigenvalue weighted by Crippen LogP contribution is -2.15. The van der Waals surface area contributed by atoms with E-state index >= 15 is 0 Å². The molecular weight excluding hydrogens is 316 g/mol. The predicted octanol–water partition coefficient (Wildman–Crippen LogP) is 5.58. The number of fused-ring (bicyclic) bond motifs is 3. The number of nitrogens with zero attached hydrogens (tertiary/aromatic N) is 2. The lowest BCUT2D eigenvalue weighted by atomic mass is 9.81. The summed E-state index contributed by atoms with van der Waals surface area (Å²) in [4.78, 5) is 4.42. The number of rotatable bonds is 1. The van der Waals surface area contributed by atoms with Crippen molar-refractivity contribution in [3.8, 4) is 28.5 Å². The molecule has 0 fully saturated rings. The van der Waals surface area contributed by atoms with Crippen LogP contribution in [-0.2, 0) is 5.41 Å². The summed E-state index contributed by atoms with van der Waals surface area (Å²) in [5.41, 5.74) is 7.21. The molecular formula is C21H15ClN2. The molecule has 0 N–H and O–H groups in total. The molecule has 24 heavy (non-hydrogen) atoms. The van der Waals surface area contributed by atoms with Gasteiger partial charge in [-0.25, -0.2) is 0 Å². The molecule has 1 aromatic heterocycles. The van der Waals surface area contributed by atoms with Gasteiger partial charge in [-0.05, 0) is 52.6 Å². The van der Waals surface area contributed by atoms with Gasteiger partial charge in [0.05, 0.1) is 22.3 Å². The van der Waals surface area contributed by atoms with Gasteiger partial charge in [0, 0.05) is 17.2 Å². The van der Waals surface area contributed by atoms with E-state index in [9.17, 15) is 5.26 Å². The molecule has 1 aliphatic carbocycles. The van der Waals surface area contributed by atoms with Crippen molar-refractivity contribution >= 4 is 11.6 Å². The van der Waals surface area contributed by atoms with Gasteiger partial charge in [-0.15, -0.1) is 0 Å². The van der Waals surface area contributed by atoms with Crippen molar-refractivity contribution in [2.45, 2.75) is 19.3 Å². The topological polar surface area (TPSA) is 36.7 Å². The summed E-state index contributed by atoms with van der Waals surface area (Å²) >= 11 is 6.31. The number of hydrogen-bond acceptors (Lipinski definition) is 2. The Bertz CT molecular complexity index is 1010. The third-order valence-corrected chi connectivity index (χ3v) is 5.14. The number of pyridine rings is 1. The van der Waals surface area contributed by atoms with Crippen molar-refractivity contribution in [3.63, 3.8) is 0 Å². The first-order valence-electron chi connectivity index (χ1n) is 7.83. The Labute approximate surface area is 146 Å². The number of halogens is 1. The molecule has 2 nitrogen and oxygen atoms in total. The van der Waals surface area contributed by atoms with Gasteiger partial charge in [-0.1, -0.05) is 43.6 Å². The summed E-state index contributed by atoms with van der Waals surface area (Å²) in [5.74, 6) is 0. The largest absolute Gasteiger partial charge is 0.255 e. The molecule has 116 valence electrons. The maximum Gasteiger partial charge on any atom is 0.0991 e. The van der Waals surface area contributed by atoms with Gasteiger partial charge >= 0.3 is 0 Å². The maximum atomic E-state index is 9.21. The Morgan fingerprint density at radius 1 is 1.00 bits per heavy atom. The summed E-state index contributed by atoms with van der Waals surface area (Å²) in [5, 5.41) is 9.86. The van der Waals surface area contributed by atoms with Crippen LogP contribution in [0.4, 0.5) is 0 Å². The number of nitriles is 1. The SMILES string of the molecule is CC1(C)c2cc(C#N)ccc2-c2ccc(-c3ncccc3Cl)cc21. The first-order chi connectivity index (χ1) is 11.5. The van der Waals surface area contributed by atoms with E-state index in [-0.39, 0.29) is 5.41 Å². The summed E-state index contributed by atoms with van der Waals surface area (Å²) in [6.07, 6.45) is 1.76. The van der Waals surface area contributed by atoms with Crippen molar-refractivity contribution in [1.82, 2.24) is 4.98 Å². The highest BCUT2D eigenvalue weighted by atomic mass is 35.5. The Morgan fingerprint density at radius 2 is 1.71 bits per heavy atom. The summed E-state index contributed by atoms with van der Waals surface area (Å²) in [6, 6.07) is 18.2. The molecule has 4 rings (SSSR count). The van der Waals surface area contributed by atoms with Crippen LogP contribution in [0.2, 0.25) is 5.02 Å². The van der Waals surface area contributed by atoms with E-state index in [2.05, 4.69) is 49.2 Å². The zero-order valence-corrected chi connectivity index (χ0v) is 14.2. The van der Waals surface area contributed by atoms with Gasteiger partial charge in [-0.2, -0.15) is 5.26 Å². The summed E-state index contributed by atoms with van der Waals surface area (Å²) in [7, 11) is 0. The van der Waals surface area contributed by atoms with Crippen LogP contribution in [0.5, 0.6) is 0 Å². The van der Waals surface area contributed by atoms with E-state index in [1.54, 1.807) is 6.20 Å². The second-order valence-corrected chi connectivity index (χ2v) is 7.00. The van der Waals surface area contributed by atoms with Gasteiger partial charge in [0.15, 0.2) is 0 Å². The fraction of sp³-hybridized carbons (Fsp3) is 0.143. The van der Waals surface area contributed by atoms with Crippen LogP contribution in [0.1, 0.15) is 30.5 Å². The van der Waals surface area contributed by atoms with E-state index in [0.29, 0.717) is 10.6 Å². The van der Waals surface area contributed by atoms with Crippen LogP contribution in [0.15, 0.2) is 54.7 Å². The smallest absolute Gasteiger partial charge is 0.0991 e. The van der Waals surface area contributed by atoms with E-state index in [1.165, 1.54) is 22.3 Å². The highest BCUT2D eigenvalue weighted by Gasteiger charge is 2.35. The Kier molecular flexibility index (Phi) is 3.23. The maximum absolute atomic E-state index is 9.21. The van der Waals surface area contributed by atoms with Gasteiger partial charge in [0.25, 0.3) is 0 Å². The predicted molar refractivity (Wildman–Crippen MR) is 97.0 cm³/mol. The van der Waals surface area contributed by atoms with Crippen molar-refractivity contribution in [1.29, 1.82) is 5.26 Å². The molecule has 0 amide bonds. The summed E-state index contributed by atoms with van der Waals surface area (Å²) in [6.45, 7) is 4.39. The molecule has 0 saturated heterocycles. The van der Waals surface area contributed by atoms with Gasteiger partial charge in [0.2, 0.25) is 0 Å². The lowest BCUT2D eigenvalue weighted by Gasteiger charge is -2.22. The number of hydrogen-bond donors (Lipinski definition) is 0. The van der Waals surface area contributed by atoms with Crippen LogP contribution in [0, 0.1) is 11.3 Å². The average molecular weight is 331 g/mol. The molecule has 0 spiro atoms. The Balaban J connectivity index is 1.93. The first-order valence-corrected chi connectivity index (χ1v) is 8.20. The zero-order chi connectivity index (χ0) is 16.9. The lowest BCUT2D eigenvalue weighted by molar-refractivity contribution is 0.660. The first kappa shape index (κ1) is 14.9. The van der Waals surface area contributed by atoms with Crippen molar-refractivity contribution < 1.29 is 0 Å². The molecule has 0 unspecified atom stereocenters. The minimum Gasteiger partial charge on any atom is -0.255 e. The molecule has 0 aliphatic heterocycles. The van der Waals surface area contributed by atoms with Crippen LogP contribution >= 0.6 is 11.6 Å². The number of benzene rings is 2. The fourth-order valence-corrected chi connectivity index (χ4v) is 3.78. The monoisotopic (exact) mass is 330 g/mol. The summed E-state index contributed by atoms with van der Waals surface area (Å²) < 4.78 is 0. The Hall–Kier alpha value is -2.63. The fourth-order valence-electron chi connectivity index (χ4n) is 3.55.